The van der Waals surface area contributed by atoms with E-state index in [-0.39, 0.29) is 0 Å². The van der Waals surface area contributed by atoms with Crippen molar-refractivity contribution in [2.45, 2.75) is 6.42 Å². The van der Waals surface area contributed by atoms with Gasteiger partial charge in [-0.15, -0.1) is 0 Å². The first-order valence-electron chi connectivity index (χ1n) is 8.90. The molecule has 0 aliphatic rings. The SMILES string of the molecule is COc1cccc(CCNc2ccnc(Nc3cc(OC)ccc3OC)n2)c1. The fourth-order valence-electron chi connectivity index (χ4n) is 2.71. The van der Waals surface area contributed by atoms with E-state index in [2.05, 4.69) is 26.7 Å². The normalized spacial score (nSPS) is 10.2. The van der Waals surface area contributed by atoms with E-state index < -0.39 is 0 Å². The summed E-state index contributed by atoms with van der Waals surface area (Å²) in [5, 5.41) is 6.50. The number of anilines is 3. The summed E-state index contributed by atoms with van der Waals surface area (Å²) in [7, 11) is 4.91. The van der Waals surface area contributed by atoms with Gasteiger partial charge in [-0.2, -0.15) is 4.98 Å². The molecule has 2 N–H and O–H groups in total. The largest absolute Gasteiger partial charge is 0.497 e. The third kappa shape index (κ3) is 5.03. The van der Waals surface area contributed by atoms with E-state index in [4.69, 9.17) is 14.2 Å². The molecule has 7 heteroatoms. The van der Waals surface area contributed by atoms with Gasteiger partial charge >= 0.3 is 0 Å². The highest BCUT2D eigenvalue weighted by Gasteiger charge is 2.07. The van der Waals surface area contributed by atoms with Crippen LogP contribution in [0.25, 0.3) is 0 Å². The van der Waals surface area contributed by atoms with Crippen LogP contribution in [0.2, 0.25) is 0 Å². The van der Waals surface area contributed by atoms with Crippen LogP contribution < -0.4 is 24.8 Å². The first kappa shape index (κ1) is 19.3. The van der Waals surface area contributed by atoms with Crippen molar-refractivity contribution in [1.82, 2.24) is 9.97 Å². The zero-order chi connectivity index (χ0) is 19.8. The molecule has 3 rings (SSSR count). The molecule has 0 atom stereocenters. The van der Waals surface area contributed by atoms with Crippen molar-refractivity contribution in [3.05, 3.63) is 60.3 Å². The lowest BCUT2D eigenvalue weighted by molar-refractivity contribution is 0.405. The molecule has 2 aromatic carbocycles. The third-order valence-electron chi connectivity index (χ3n) is 4.16. The molecule has 3 aromatic rings. The predicted octanol–water partition coefficient (Wildman–Crippen LogP) is 3.90. The van der Waals surface area contributed by atoms with E-state index in [0.717, 1.165) is 36.0 Å². The number of nitrogens with one attached hydrogen (secondary N) is 2. The molecular weight excluding hydrogens is 356 g/mol. The van der Waals surface area contributed by atoms with Crippen molar-refractivity contribution in [3.8, 4) is 17.2 Å². The minimum atomic E-state index is 0.470. The molecule has 28 heavy (non-hydrogen) atoms. The van der Waals surface area contributed by atoms with Gasteiger partial charge in [0.25, 0.3) is 0 Å². The lowest BCUT2D eigenvalue weighted by atomic mass is 10.1. The zero-order valence-electron chi connectivity index (χ0n) is 16.2. The molecular formula is C21H24N4O3. The van der Waals surface area contributed by atoms with Gasteiger partial charge in [-0.3, -0.25) is 0 Å². The topological polar surface area (TPSA) is 77.5 Å². The van der Waals surface area contributed by atoms with Crippen molar-refractivity contribution < 1.29 is 14.2 Å². The van der Waals surface area contributed by atoms with Crippen molar-refractivity contribution in [2.24, 2.45) is 0 Å². The summed E-state index contributed by atoms with van der Waals surface area (Å²) < 4.78 is 15.9. The quantitative estimate of drug-likeness (QED) is 0.583. The maximum absolute atomic E-state index is 5.38. The molecule has 0 unspecified atom stereocenters. The highest BCUT2D eigenvalue weighted by molar-refractivity contribution is 5.65. The first-order valence-corrected chi connectivity index (χ1v) is 8.90. The Bertz CT molecular complexity index is 918. The molecule has 146 valence electrons. The predicted molar refractivity (Wildman–Crippen MR) is 110 cm³/mol. The summed E-state index contributed by atoms with van der Waals surface area (Å²) in [6.45, 7) is 0.742. The zero-order valence-corrected chi connectivity index (χ0v) is 16.2. The van der Waals surface area contributed by atoms with Crippen LogP contribution in [0.5, 0.6) is 17.2 Å². The molecule has 0 saturated carbocycles. The van der Waals surface area contributed by atoms with E-state index in [1.165, 1.54) is 5.56 Å². The van der Waals surface area contributed by atoms with Crippen molar-refractivity contribution in [2.75, 3.05) is 38.5 Å². The van der Waals surface area contributed by atoms with Gasteiger partial charge in [0.05, 0.1) is 27.0 Å². The molecule has 0 aliphatic carbocycles. The number of hydrogen-bond donors (Lipinski definition) is 2. The molecule has 0 radical (unpaired) electrons. The minimum Gasteiger partial charge on any atom is -0.497 e. The summed E-state index contributed by atoms with van der Waals surface area (Å²) in [6, 6.07) is 15.4. The van der Waals surface area contributed by atoms with E-state index >= 15 is 0 Å². The number of nitrogens with zero attached hydrogens (tertiary/aromatic N) is 2. The molecule has 0 spiro atoms. The first-order chi connectivity index (χ1) is 13.7. The second-order valence-electron chi connectivity index (χ2n) is 5.99. The number of rotatable bonds is 9. The Balaban J connectivity index is 1.64. The molecule has 7 nitrogen and oxygen atoms in total. The number of ether oxygens (including phenoxy) is 3. The Kier molecular flexibility index (Phi) is 6.51. The molecule has 0 fully saturated rings. The lowest BCUT2D eigenvalue weighted by Gasteiger charge is -2.12. The van der Waals surface area contributed by atoms with E-state index in [9.17, 15) is 0 Å². The number of aromatic nitrogens is 2. The average Bonchev–Trinajstić information content (AvgIpc) is 2.74. The standard InChI is InChI=1S/C21H24N4O3/c1-26-16-6-4-5-15(13-16)9-11-22-20-10-12-23-21(25-20)24-18-14-17(27-2)7-8-19(18)28-3/h4-8,10,12-14H,9,11H2,1-3H3,(H2,22,23,24,25). The fraction of sp³-hybridized carbons (Fsp3) is 0.238. The summed E-state index contributed by atoms with van der Waals surface area (Å²) in [5.74, 6) is 3.47. The van der Waals surface area contributed by atoms with Crippen molar-refractivity contribution in [1.29, 1.82) is 0 Å². The second kappa shape index (κ2) is 9.45. The van der Waals surface area contributed by atoms with Gasteiger partial charge in [0.15, 0.2) is 0 Å². The van der Waals surface area contributed by atoms with E-state index in [1.54, 1.807) is 27.5 Å². The molecule has 0 aliphatic heterocycles. The Labute approximate surface area is 164 Å². The lowest BCUT2D eigenvalue weighted by Crippen LogP contribution is -2.08. The Morgan fingerprint density at radius 3 is 2.50 bits per heavy atom. The Hall–Kier alpha value is -3.48. The number of methoxy groups -OCH3 is 3. The molecule has 0 saturated heterocycles. The van der Waals surface area contributed by atoms with Crippen molar-refractivity contribution >= 4 is 17.5 Å². The van der Waals surface area contributed by atoms with E-state index in [0.29, 0.717) is 11.7 Å². The van der Waals surface area contributed by atoms with Crippen LogP contribution in [0.3, 0.4) is 0 Å². The Morgan fingerprint density at radius 1 is 0.893 bits per heavy atom. The summed E-state index contributed by atoms with van der Waals surface area (Å²) >= 11 is 0. The third-order valence-corrected chi connectivity index (χ3v) is 4.16. The van der Waals surface area contributed by atoms with Crippen molar-refractivity contribution in [3.63, 3.8) is 0 Å². The summed E-state index contributed by atoms with van der Waals surface area (Å²) in [4.78, 5) is 8.79. The van der Waals surface area contributed by atoms with Crippen LogP contribution in [0.1, 0.15) is 5.56 Å². The van der Waals surface area contributed by atoms with Gasteiger partial charge in [-0.05, 0) is 42.3 Å². The highest BCUT2D eigenvalue weighted by atomic mass is 16.5. The smallest absolute Gasteiger partial charge is 0.229 e. The van der Waals surface area contributed by atoms with Gasteiger partial charge in [-0.1, -0.05) is 12.1 Å². The summed E-state index contributed by atoms with van der Waals surface area (Å²) in [5.41, 5.74) is 1.93. The minimum absolute atomic E-state index is 0.470. The van der Waals surface area contributed by atoms with Crippen LogP contribution in [0.15, 0.2) is 54.7 Å². The van der Waals surface area contributed by atoms with Crippen LogP contribution in [-0.4, -0.2) is 37.8 Å². The van der Waals surface area contributed by atoms with Crippen LogP contribution in [0, 0.1) is 0 Å². The number of hydrogen-bond acceptors (Lipinski definition) is 7. The summed E-state index contributed by atoms with van der Waals surface area (Å²) in [6.07, 6.45) is 2.56. The van der Waals surface area contributed by atoms with Crippen LogP contribution in [-0.2, 0) is 6.42 Å². The molecule has 1 heterocycles. The molecule has 0 amide bonds. The number of benzene rings is 2. The molecule has 0 bridgehead atoms. The average molecular weight is 380 g/mol. The Morgan fingerprint density at radius 2 is 1.71 bits per heavy atom. The van der Waals surface area contributed by atoms with Crippen LogP contribution >= 0.6 is 0 Å². The van der Waals surface area contributed by atoms with E-state index in [1.807, 2.05) is 42.5 Å². The highest BCUT2D eigenvalue weighted by Crippen LogP contribution is 2.30. The van der Waals surface area contributed by atoms with Gasteiger partial charge in [0.2, 0.25) is 5.95 Å². The monoisotopic (exact) mass is 380 g/mol. The fourth-order valence-corrected chi connectivity index (χ4v) is 2.71. The molecule has 1 aromatic heterocycles. The second-order valence-corrected chi connectivity index (χ2v) is 5.99. The van der Waals surface area contributed by atoms with Gasteiger partial charge < -0.3 is 24.8 Å². The van der Waals surface area contributed by atoms with Gasteiger partial charge in [-0.25, -0.2) is 4.98 Å². The maximum Gasteiger partial charge on any atom is 0.229 e. The maximum atomic E-state index is 5.38. The van der Waals surface area contributed by atoms with Gasteiger partial charge in [0.1, 0.15) is 23.1 Å². The van der Waals surface area contributed by atoms with Gasteiger partial charge in [0, 0.05) is 18.8 Å². The van der Waals surface area contributed by atoms with Crippen LogP contribution in [0.4, 0.5) is 17.5 Å².